The van der Waals surface area contributed by atoms with E-state index in [1.165, 1.54) is 11.1 Å². The van der Waals surface area contributed by atoms with Gasteiger partial charge in [0.1, 0.15) is 5.75 Å². The first-order valence-corrected chi connectivity index (χ1v) is 4.38. The van der Waals surface area contributed by atoms with Crippen molar-refractivity contribution < 1.29 is 4.74 Å². The van der Waals surface area contributed by atoms with Gasteiger partial charge in [-0.3, -0.25) is 0 Å². The minimum Gasteiger partial charge on any atom is -0.464 e. The summed E-state index contributed by atoms with van der Waals surface area (Å²) in [6.45, 7) is 4.15. The van der Waals surface area contributed by atoms with Gasteiger partial charge in [0.25, 0.3) is 0 Å². The first-order chi connectivity index (χ1) is 6.25. The highest BCUT2D eigenvalue weighted by Crippen LogP contribution is 2.25. The fraction of sp³-hybridized carbons (Fsp3) is 0.167. The predicted molar refractivity (Wildman–Crippen MR) is 54.6 cm³/mol. The molecule has 1 aromatic rings. The minimum absolute atomic E-state index is 0.929. The average molecular weight is 172 g/mol. The fourth-order valence-electron chi connectivity index (χ4n) is 1.40. The number of hydrogen-bond donors (Lipinski definition) is 0. The van der Waals surface area contributed by atoms with Crippen LogP contribution in [0.3, 0.4) is 0 Å². The number of benzene rings is 1. The molecule has 0 bridgehead atoms. The van der Waals surface area contributed by atoms with Crippen LogP contribution in [0, 0.1) is 6.92 Å². The predicted octanol–water partition coefficient (Wildman–Crippen LogP) is 3.30. The van der Waals surface area contributed by atoms with Gasteiger partial charge in [0.2, 0.25) is 0 Å². The van der Waals surface area contributed by atoms with Crippen LogP contribution >= 0.6 is 0 Å². The zero-order chi connectivity index (χ0) is 9.26. The van der Waals surface area contributed by atoms with Crippen LogP contribution < -0.4 is 4.74 Å². The molecule has 1 heteroatoms. The van der Waals surface area contributed by atoms with Crippen molar-refractivity contribution in [1.82, 2.24) is 0 Å². The summed E-state index contributed by atoms with van der Waals surface area (Å²) in [5, 5.41) is 0. The van der Waals surface area contributed by atoms with Gasteiger partial charge in [0, 0.05) is 5.56 Å². The van der Waals surface area contributed by atoms with Gasteiger partial charge in [-0.15, -0.1) is 0 Å². The molecule has 0 saturated carbocycles. The molecular weight excluding hydrogens is 160 g/mol. The van der Waals surface area contributed by atoms with Crippen molar-refractivity contribution in [3.05, 3.63) is 47.2 Å². The molecule has 1 heterocycles. The van der Waals surface area contributed by atoms with E-state index in [1.807, 2.05) is 12.1 Å². The largest absolute Gasteiger partial charge is 0.464 e. The van der Waals surface area contributed by atoms with Gasteiger partial charge < -0.3 is 4.74 Å². The summed E-state index contributed by atoms with van der Waals surface area (Å²) in [5.41, 5.74) is 3.63. The van der Waals surface area contributed by atoms with E-state index >= 15 is 0 Å². The average Bonchev–Trinajstić information content (AvgIpc) is 2.25. The molecule has 0 saturated heterocycles. The molecule has 0 amide bonds. The molecule has 2 rings (SSSR count). The molecule has 1 nitrogen and oxygen atoms in total. The summed E-state index contributed by atoms with van der Waals surface area (Å²) in [4.78, 5) is 0. The first kappa shape index (κ1) is 8.11. The highest BCUT2D eigenvalue weighted by Gasteiger charge is 2.03. The van der Waals surface area contributed by atoms with Crippen LogP contribution in [0.1, 0.15) is 18.1 Å². The fourth-order valence-corrected chi connectivity index (χ4v) is 1.40. The summed E-state index contributed by atoms with van der Waals surface area (Å²) >= 11 is 0. The van der Waals surface area contributed by atoms with Gasteiger partial charge in [0.15, 0.2) is 0 Å². The molecule has 0 fully saturated rings. The Bertz CT molecular complexity index is 386. The zero-order valence-electron chi connectivity index (χ0n) is 7.87. The lowest BCUT2D eigenvalue weighted by Crippen LogP contribution is -1.84. The molecule has 0 spiro atoms. The number of ether oxygens (including phenoxy) is 1. The molecule has 1 aliphatic heterocycles. The summed E-state index contributed by atoms with van der Waals surface area (Å²) < 4.78 is 5.44. The van der Waals surface area contributed by atoms with E-state index in [2.05, 4.69) is 32.1 Å². The van der Waals surface area contributed by atoms with Crippen LogP contribution in [-0.2, 0) is 0 Å². The third-order valence-electron chi connectivity index (χ3n) is 2.07. The summed E-state index contributed by atoms with van der Waals surface area (Å²) in [6, 6.07) is 6.19. The Balaban J connectivity index is 2.56. The van der Waals surface area contributed by atoms with Crippen molar-refractivity contribution in [2.75, 3.05) is 0 Å². The number of fused-ring (bicyclic) bond motifs is 1. The second-order valence-corrected chi connectivity index (χ2v) is 3.35. The number of allylic oxidation sites excluding steroid dienone is 2. The Labute approximate surface area is 78.3 Å². The number of hydrogen-bond acceptors (Lipinski definition) is 1. The highest BCUT2D eigenvalue weighted by atomic mass is 16.5. The van der Waals surface area contributed by atoms with Crippen LogP contribution in [0.15, 0.2) is 36.1 Å². The molecule has 0 atom stereocenters. The monoisotopic (exact) mass is 172 g/mol. The van der Waals surface area contributed by atoms with E-state index in [1.54, 1.807) is 6.26 Å². The lowest BCUT2D eigenvalue weighted by atomic mass is 10.1. The maximum atomic E-state index is 5.44. The quantitative estimate of drug-likeness (QED) is 0.583. The highest BCUT2D eigenvalue weighted by molar-refractivity contribution is 5.63. The smallest absolute Gasteiger partial charge is 0.133 e. The van der Waals surface area contributed by atoms with Gasteiger partial charge in [-0.25, -0.2) is 0 Å². The van der Waals surface area contributed by atoms with Crippen molar-refractivity contribution in [2.24, 2.45) is 0 Å². The Morgan fingerprint density at radius 2 is 2.00 bits per heavy atom. The summed E-state index contributed by atoms with van der Waals surface area (Å²) in [7, 11) is 0. The van der Waals surface area contributed by atoms with Crippen molar-refractivity contribution in [3.63, 3.8) is 0 Å². The molecule has 0 aliphatic carbocycles. The standard InChI is InChI=1S/C12H12O/c1-9-3-4-12-11(7-9)8-10(2)5-6-13-12/h3-8H,1-2H3. The molecule has 66 valence electrons. The number of aryl methyl sites for hydroxylation is 1. The molecule has 0 unspecified atom stereocenters. The van der Waals surface area contributed by atoms with Crippen molar-refractivity contribution in [3.8, 4) is 5.75 Å². The lowest BCUT2D eigenvalue weighted by molar-refractivity contribution is 0.481. The van der Waals surface area contributed by atoms with E-state index in [-0.39, 0.29) is 0 Å². The Hall–Kier alpha value is -1.50. The minimum atomic E-state index is 0.929. The molecule has 1 aliphatic rings. The maximum absolute atomic E-state index is 5.44. The molecule has 1 aromatic carbocycles. The molecule has 0 aromatic heterocycles. The SMILES string of the molecule is CC1=Cc2cc(C)ccc2OC=C1. The van der Waals surface area contributed by atoms with Gasteiger partial charge in [-0.2, -0.15) is 0 Å². The van der Waals surface area contributed by atoms with E-state index in [9.17, 15) is 0 Å². The summed E-state index contributed by atoms with van der Waals surface area (Å²) in [6.07, 6.45) is 5.83. The van der Waals surface area contributed by atoms with Crippen LogP contribution in [0.5, 0.6) is 5.75 Å². The summed E-state index contributed by atoms with van der Waals surface area (Å²) in [5.74, 6) is 0.929. The van der Waals surface area contributed by atoms with Crippen LogP contribution in [0.25, 0.3) is 6.08 Å². The Morgan fingerprint density at radius 3 is 2.85 bits per heavy atom. The molecule has 0 N–H and O–H groups in total. The van der Waals surface area contributed by atoms with Crippen molar-refractivity contribution in [1.29, 1.82) is 0 Å². The maximum Gasteiger partial charge on any atom is 0.133 e. The molecule has 13 heavy (non-hydrogen) atoms. The normalized spacial score (nSPS) is 14.2. The Morgan fingerprint density at radius 1 is 1.15 bits per heavy atom. The van der Waals surface area contributed by atoms with Crippen LogP contribution in [0.4, 0.5) is 0 Å². The molecular formula is C12H12O. The van der Waals surface area contributed by atoms with Gasteiger partial charge in [-0.1, -0.05) is 11.6 Å². The Kier molecular flexibility index (Phi) is 1.93. The van der Waals surface area contributed by atoms with Crippen molar-refractivity contribution >= 4 is 6.08 Å². The second-order valence-electron chi connectivity index (χ2n) is 3.35. The zero-order valence-corrected chi connectivity index (χ0v) is 7.87. The molecule has 0 radical (unpaired) electrons. The third-order valence-corrected chi connectivity index (χ3v) is 2.07. The van der Waals surface area contributed by atoms with E-state index < -0.39 is 0 Å². The van der Waals surface area contributed by atoms with E-state index in [4.69, 9.17) is 4.74 Å². The van der Waals surface area contributed by atoms with E-state index in [0.29, 0.717) is 0 Å². The van der Waals surface area contributed by atoms with Crippen molar-refractivity contribution in [2.45, 2.75) is 13.8 Å². The van der Waals surface area contributed by atoms with Crippen LogP contribution in [0.2, 0.25) is 0 Å². The van der Waals surface area contributed by atoms with Crippen LogP contribution in [-0.4, -0.2) is 0 Å². The lowest BCUT2D eigenvalue weighted by Gasteiger charge is -2.03. The topological polar surface area (TPSA) is 9.23 Å². The second kappa shape index (κ2) is 3.09. The van der Waals surface area contributed by atoms with Gasteiger partial charge >= 0.3 is 0 Å². The number of rotatable bonds is 0. The first-order valence-electron chi connectivity index (χ1n) is 4.38. The van der Waals surface area contributed by atoms with Gasteiger partial charge in [-0.05, 0) is 43.7 Å². The van der Waals surface area contributed by atoms with E-state index in [0.717, 1.165) is 11.3 Å². The van der Waals surface area contributed by atoms with Gasteiger partial charge in [0.05, 0.1) is 6.26 Å². The third kappa shape index (κ3) is 1.64.